The van der Waals surface area contributed by atoms with Gasteiger partial charge in [-0.3, -0.25) is 5.43 Å². The van der Waals surface area contributed by atoms with Gasteiger partial charge in [0.25, 0.3) is 0 Å². The first-order valence-corrected chi connectivity index (χ1v) is 6.95. The Hall–Kier alpha value is -2.17. The quantitative estimate of drug-likeness (QED) is 0.443. The third kappa shape index (κ3) is 3.29. The highest BCUT2D eigenvalue weighted by molar-refractivity contribution is 6.30. The van der Waals surface area contributed by atoms with Crippen molar-refractivity contribution in [3.8, 4) is 0 Å². The van der Waals surface area contributed by atoms with Crippen LogP contribution in [0, 0.1) is 0 Å². The van der Waals surface area contributed by atoms with E-state index in [0.717, 1.165) is 16.5 Å². The van der Waals surface area contributed by atoms with Crippen molar-refractivity contribution in [2.24, 2.45) is 5.10 Å². The monoisotopic (exact) mass is 316 g/mol. The van der Waals surface area contributed by atoms with Crippen molar-refractivity contribution in [2.75, 3.05) is 5.43 Å². The van der Waals surface area contributed by atoms with Crippen molar-refractivity contribution >= 4 is 46.1 Å². The number of anilines is 1. The lowest BCUT2D eigenvalue weighted by Crippen LogP contribution is -1.97. The highest BCUT2D eigenvalue weighted by Gasteiger charge is 2.04. The van der Waals surface area contributed by atoms with Crippen LogP contribution in [-0.4, -0.2) is 16.2 Å². The molecule has 6 heteroatoms. The number of benzene rings is 2. The van der Waals surface area contributed by atoms with Gasteiger partial charge < -0.3 is 0 Å². The first kappa shape index (κ1) is 13.8. The molecule has 0 amide bonds. The van der Waals surface area contributed by atoms with Gasteiger partial charge in [-0.1, -0.05) is 35.9 Å². The van der Waals surface area contributed by atoms with E-state index in [9.17, 15) is 0 Å². The molecule has 1 aromatic heterocycles. The van der Waals surface area contributed by atoms with E-state index >= 15 is 0 Å². The summed E-state index contributed by atoms with van der Waals surface area (Å²) in [7, 11) is 0. The second-order valence-corrected chi connectivity index (χ2v) is 5.05. The van der Waals surface area contributed by atoms with Crippen molar-refractivity contribution in [3.05, 3.63) is 64.4 Å². The first-order chi connectivity index (χ1) is 10.2. The summed E-state index contributed by atoms with van der Waals surface area (Å²) in [5.74, 6) is 0.566. The zero-order valence-corrected chi connectivity index (χ0v) is 12.3. The minimum atomic E-state index is 0.179. The minimum Gasteiger partial charge on any atom is -0.261 e. The molecule has 3 aromatic rings. The van der Waals surface area contributed by atoms with Crippen molar-refractivity contribution in [1.82, 2.24) is 9.97 Å². The van der Waals surface area contributed by atoms with Crippen LogP contribution in [0.2, 0.25) is 10.3 Å². The maximum atomic E-state index is 5.91. The molecule has 0 saturated carbocycles. The average Bonchev–Trinajstić information content (AvgIpc) is 2.49. The fourth-order valence-corrected chi connectivity index (χ4v) is 2.15. The molecule has 1 heterocycles. The van der Waals surface area contributed by atoms with Gasteiger partial charge in [0.1, 0.15) is 0 Å². The summed E-state index contributed by atoms with van der Waals surface area (Å²) >= 11 is 11.7. The van der Waals surface area contributed by atoms with Crippen LogP contribution in [0.5, 0.6) is 0 Å². The second kappa shape index (κ2) is 6.08. The van der Waals surface area contributed by atoms with Gasteiger partial charge >= 0.3 is 0 Å². The number of hydrazone groups is 1. The molecule has 21 heavy (non-hydrogen) atoms. The Balaban J connectivity index is 1.86. The lowest BCUT2D eigenvalue weighted by molar-refractivity contribution is 1.18. The topological polar surface area (TPSA) is 50.2 Å². The molecular formula is C15H10Cl2N4. The zero-order chi connectivity index (χ0) is 14.7. The number of fused-ring (bicyclic) bond motifs is 1. The number of rotatable bonds is 3. The third-order valence-corrected chi connectivity index (χ3v) is 3.25. The maximum Gasteiger partial charge on any atom is 0.224 e. The highest BCUT2D eigenvalue weighted by atomic mass is 35.5. The smallest absolute Gasteiger partial charge is 0.224 e. The van der Waals surface area contributed by atoms with Gasteiger partial charge in [-0.2, -0.15) is 10.1 Å². The molecule has 4 nitrogen and oxygen atoms in total. The normalized spacial score (nSPS) is 11.1. The summed E-state index contributed by atoms with van der Waals surface area (Å²) in [6.07, 6.45) is 1.68. The van der Waals surface area contributed by atoms with Gasteiger partial charge in [-0.05, 0) is 41.4 Å². The van der Waals surface area contributed by atoms with Crippen LogP contribution in [0.3, 0.4) is 0 Å². The van der Waals surface area contributed by atoms with Gasteiger partial charge in [0, 0.05) is 10.4 Å². The Labute approximate surface area is 131 Å². The van der Waals surface area contributed by atoms with E-state index in [-0.39, 0.29) is 5.28 Å². The Morgan fingerprint density at radius 3 is 2.52 bits per heavy atom. The SMILES string of the molecule is Clc1ccc(C=NNc2nc(Cl)nc3ccccc23)cc1. The molecule has 1 N–H and O–H groups in total. The van der Waals surface area contributed by atoms with Crippen LogP contribution in [-0.2, 0) is 0 Å². The van der Waals surface area contributed by atoms with Crippen molar-refractivity contribution < 1.29 is 0 Å². The molecule has 104 valence electrons. The van der Waals surface area contributed by atoms with Gasteiger partial charge in [-0.25, -0.2) is 4.98 Å². The number of hydrogen-bond donors (Lipinski definition) is 1. The van der Waals surface area contributed by atoms with E-state index in [1.165, 1.54) is 0 Å². The van der Waals surface area contributed by atoms with E-state index in [1.54, 1.807) is 18.3 Å². The second-order valence-electron chi connectivity index (χ2n) is 4.28. The van der Waals surface area contributed by atoms with Gasteiger partial charge in [0.15, 0.2) is 5.82 Å². The predicted molar refractivity (Wildman–Crippen MR) is 87.2 cm³/mol. The Kier molecular flexibility index (Phi) is 3.99. The van der Waals surface area contributed by atoms with Crippen molar-refractivity contribution in [3.63, 3.8) is 0 Å². The number of aromatic nitrogens is 2. The van der Waals surface area contributed by atoms with E-state index in [4.69, 9.17) is 23.2 Å². The first-order valence-electron chi connectivity index (χ1n) is 6.19. The molecular weight excluding hydrogens is 307 g/mol. The molecule has 0 unspecified atom stereocenters. The van der Waals surface area contributed by atoms with Crippen LogP contribution >= 0.6 is 23.2 Å². The molecule has 0 spiro atoms. The molecule has 0 aliphatic carbocycles. The van der Waals surface area contributed by atoms with E-state index < -0.39 is 0 Å². The van der Waals surface area contributed by atoms with Crippen molar-refractivity contribution in [2.45, 2.75) is 0 Å². The summed E-state index contributed by atoms with van der Waals surface area (Å²) in [5.41, 5.74) is 4.59. The molecule has 2 aromatic carbocycles. The number of halogens is 2. The van der Waals surface area contributed by atoms with Crippen LogP contribution in [0.25, 0.3) is 10.9 Å². The molecule has 0 aliphatic rings. The third-order valence-electron chi connectivity index (χ3n) is 2.83. The minimum absolute atomic E-state index is 0.179. The summed E-state index contributed by atoms with van der Waals surface area (Å²) < 4.78 is 0. The molecule has 0 aliphatic heterocycles. The Bertz CT molecular complexity index is 800. The Morgan fingerprint density at radius 1 is 0.952 bits per heavy atom. The lowest BCUT2D eigenvalue weighted by Gasteiger charge is -2.04. The summed E-state index contributed by atoms with van der Waals surface area (Å²) in [4.78, 5) is 8.32. The average molecular weight is 317 g/mol. The molecule has 0 fully saturated rings. The maximum absolute atomic E-state index is 5.91. The fourth-order valence-electron chi connectivity index (χ4n) is 1.85. The molecule has 0 atom stereocenters. The van der Waals surface area contributed by atoms with Crippen LogP contribution in [0.4, 0.5) is 5.82 Å². The number of para-hydroxylation sites is 1. The lowest BCUT2D eigenvalue weighted by atomic mass is 10.2. The predicted octanol–water partition coefficient (Wildman–Crippen LogP) is 4.38. The van der Waals surface area contributed by atoms with E-state index in [1.807, 2.05) is 36.4 Å². The Morgan fingerprint density at radius 2 is 1.71 bits per heavy atom. The molecule has 0 saturated heterocycles. The van der Waals surface area contributed by atoms with Crippen molar-refractivity contribution in [1.29, 1.82) is 0 Å². The summed E-state index contributed by atoms with van der Waals surface area (Å²) in [6, 6.07) is 14.9. The summed E-state index contributed by atoms with van der Waals surface area (Å²) in [5, 5.41) is 5.89. The fraction of sp³-hybridized carbons (Fsp3) is 0. The van der Waals surface area contributed by atoms with Crippen LogP contribution in [0.15, 0.2) is 53.6 Å². The van der Waals surface area contributed by atoms with Gasteiger partial charge in [0.2, 0.25) is 5.28 Å². The number of nitrogens with zero attached hydrogens (tertiary/aromatic N) is 3. The molecule has 0 radical (unpaired) electrons. The largest absolute Gasteiger partial charge is 0.261 e. The highest BCUT2D eigenvalue weighted by Crippen LogP contribution is 2.21. The number of nitrogens with one attached hydrogen (secondary N) is 1. The zero-order valence-electron chi connectivity index (χ0n) is 10.8. The molecule has 0 bridgehead atoms. The van der Waals surface area contributed by atoms with E-state index in [2.05, 4.69) is 20.5 Å². The van der Waals surface area contributed by atoms with Gasteiger partial charge in [-0.15, -0.1) is 0 Å². The summed E-state index contributed by atoms with van der Waals surface area (Å²) in [6.45, 7) is 0. The standard InChI is InChI=1S/C15H10Cl2N4/c16-11-7-5-10(6-8-11)9-18-21-14-12-3-1-2-4-13(12)19-15(17)20-14/h1-9H,(H,19,20,21). The van der Waals surface area contributed by atoms with E-state index in [0.29, 0.717) is 10.8 Å². The number of hydrogen-bond acceptors (Lipinski definition) is 4. The molecule has 3 rings (SSSR count). The van der Waals surface area contributed by atoms with Crippen LogP contribution < -0.4 is 5.43 Å². The van der Waals surface area contributed by atoms with Gasteiger partial charge in [0.05, 0.1) is 11.7 Å². The van der Waals surface area contributed by atoms with Crippen LogP contribution in [0.1, 0.15) is 5.56 Å².